The molecular formula is C20H23NO4. The third-order valence-corrected chi connectivity index (χ3v) is 6.37. The predicted octanol–water partition coefficient (Wildman–Crippen LogP) is 3.50. The number of rotatable bonds is 5. The Morgan fingerprint density at radius 2 is 1.48 bits per heavy atom. The minimum absolute atomic E-state index is 0.0765. The van der Waals surface area contributed by atoms with Gasteiger partial charge in [0.25, 0.3) is 0 Å². The molecule has 5 nitrogen and oxygen atoms in total. The van der Waals surface area contributed by atoms with Gasteiger partial charge in [-0.05, 0) is 80.5 Å². The highest BCUT2D eigenvalue weighted by Gasteiger charge is 2.54. The van der Waals surface area contributed by atoms with Gasteiger partial charge in [0.05, 0.1) is 12.0 Å². The maximum atomic E-state index is 12.9. The number of hydrogen-bond acceptors (Lipinski definition) is 3. The fourth-order valence-corrected chi connectivity index (χ4v) is 5.69. The monoisotopic (exact) mass is 341 g/mol. The van der Waals surface area contributed by atoms with Crippen LogP contribution < -0.4 is 5.32 Å². The number of carbonyl (C=O) groups excluding carboxylic acids is 2. The molecular weight excluding hydrogens is 318 g/mol. The number of benzene rings is 1. The Balaban J connectivity index is 1.39. The van der Waals surface area contributed by atoms with Crippen LogP contribution in [0.5, 0.6) is 0 Å². The highest BCUT2D eigenvalue weighted by molar-refractivity contribution is 6.06. The lowest BCUT2D eigenvalue weighted by molar-refractivity contribution is -0.145. The fraction of sp³-hybridized carbons (Fsp3) is 0.550. The Bertz CT molecular complexity index is 686. The van der Waals surface area contributed by atoms with Gasteiger partial charge in [-0.15, -0.1) is 0 Å². The first-order valence-corrected chi connectivity index (χ1v) is 9.10. The Labute approximate surface area is 146 Å². The minimum atomic E-state index is -1.00. The first-order chi connectivity index (χ1) is 11.9. The Morgan fingerprint density at radius 1 is 0.960 bits per heavy atom. The van der Waals surface area contributed by atoms with Crippen LogP contribution >= 0.6 is 0 Å². The van der Waals surface area contributed by atoms with Gasteiger partial charge in [-0.25, -0.2) is 4.79 Å². The quantitative estimate of drug-likeness (QED) is 0.803. The van der Waals surface area contributed by atoms with Crippen LogP contribution in [0.1, 0.15) is 55.3 Å². The van der Waals surface area contributed by atoms with E-state index < -0.39 is 5.97 Å². The molecule has 132 valence electrons. The number of Topliss-reactive ketones (excluding diaryl/α,β-unsaturated/α-hetero) is 1. The number of anilines is 1. The van der Waals surface area contributed by atoms with Crippen molar-refractivity contribution in [2.45, 2.75) is 44.9 Å². The molecule has 0 heterocycles. The van der Waals surface area contributed by atoms with Crippen molar-refractivity contribution in [1.82, 2.24) is 0 Å². The molecule has 0 radical (unpaired) electrons. The van der Waals surface area contributed by atoms with E-state index >= 15 is 0 Å². The average molecular weight is 341 g/mol. The number of carbonyl (C=O) groups is 3. The molecule has 4 aliphatic rings. The molecule has 0 spiro atoms. The summed E-state index contributed by atoms with van der Waals surface area (Å²) >= 11 is 0. The van der Waals surface area contributed by atoms with Crippen LogP contribution in [0.25, 0.3) is 0 Å². The van der Waals surface area contributed by atoms with E-state index in [0.29, 0.717) is 23.4 Å². The van der Waals surface area contributed by atoms with Crippen LogP contribution in [0.3, 0.4) is 0 Å². The average Bonchev–Trinajstić information content (AvgIpc) is 2.54. The van der Waals surface area contributed by atoms with Crippen molar-refractivity contribution < 1.29 is 19.5 Å². The number of carboxylic acid groups (broad SMARTS) is 1. The lowest BCUT2D eigenvalue weighted by atomic mass is 9.48. The van der Waals surface area contributed by atoms with Gasteiger partial charge in [-0.1, -0.05) is 0 Å². The number of carboxylic acids is 1. The zero-order valence-electron chi connectivity index (χ0n) is 14.2. The molecule has 1 aromatic rings. The SMILES string of the molecule is O=C(CC(=O)C12CC3CC(CC(C3)C1)C2)Nc1ccc(C(=O)O)cc1. The van der Waals surface area contributed by atoms with E-state index in [-0.39, 0.29) is 29.1 Å². The van der Waals surface area contributed by atoms with Crippen LogP contribution in [0, 0.1) is 23.2 Å². The standard InChI is InChI=1S/C20H23NO4/c22-17(20-9-12-5-13(10-20)7-14(6-12)11-20)8-18(23)21-16-3-1-15(2-4-16)19(24)25/h1-4,12-14H,5-11H2,(H,21,23)(H,24,25). The maximum Gasteiger partial charge on any atom is 0.335 e. The summed E-state index contributed by atoms with van der Waals surface area (Å²) in [5, 5.41) is 11.6. The second-order valence-corrected chi connectivity index (χ2v) is 8.23. The molecule has 2 N–H and O–H groups in total. The van der Waals surface area contributed by atoms with Crippen LogP contribution in [-0.4, -0.2) is 22.8 Å². The van der Waals surface area contributed by atoms with Gasteiger partial charge < -0.3 is 10.4 Å². The topological polar surface area (TPSA) is 83.5 Å². The number of ketones is 1. The maximum absolute atomic E-state index is 12.9. The first-order valence-electron chi connectivity index (χ1n) is 9.10. The third-order valence-electron chi connectivity index (χ3n) is 6.37. The Kier molecular flexibility index (Phi) is 3.89. The molecule has 5 heteroatoms. The molecule has 0 aliphatic heterocycles. The molecule has 0 aromatic heterocycles. The van der Waals surface area contributed by atoms with Crippen LogP contribution in [-0.2, 0) is 9.59 Å². The number of aromatic carboxylic acids is 1. The van der Waals surface area contributed by atoms with Gasteiger partial charge in [0.15, 0.2) is 0 Å². The molecule has 1 aromatic carbocycles. The fourth-order valence-electron chi connectivity index (χ4n) is 5.69. The summed E-state index contributed by atoms with van der Waals surface area (Å²) in [6.07, 6.45) is 6.65. The third kappa shape index (κ3) is 3.08. The van der Waals surface area contributed by atoms with Gasteiger partial charge in [0.1, 0.15) is 5.78 Å². The largest absolute Gasteiger partial charge is 0.478 e. The minimum Gasteiger partial charge on any atom is -0.478 e. The summed E-state index contributed by atoms with van der Waals surface area (Å²) in [5.41, 5.74) is 0.440. The van der Waals surface area contributed by atoms with E-state index in [0.717, 1.165) is 19.3 Å². The van der Waals surface area contributed by atoms with E-state index in [4.69, 9.17) is 5.11 Å². The smallest absolute Gasteiger partial charge is 0.335 e. The van der Waals surface area contributed by atoms with Crippen LogP contribution in [0.2, 0.25) is 0 Å². The summed E-state index contributed by atoms with van der Waals surface area (Å²) in [7, 11) is 0. The molecule has 4 aliphatic carbocycles. The Hall–Kier alpha value is -2.17. The number of nitrogens with one attached hydrogen (secondary N) is 1. The van der Waals surface area contributed by atoms with Gasteiger partial charge in [-0.3, -0.25) is 9.59 Å². The van der Waals surface area contributed by atoms with Crippen LogP contribution in [0.15, 0.2) is 24.3 Å². The summed E-state index contributed by atoms with van der Waals surface area (Å²) in [6.45, 7) is 0. The molecule has 5 rings (SSSR count). The Morgan fingerprint density at radius 3 is 1.96 bits per heavy atom. The summed E-state index contributed by atoms with van der Waals surface area (Å²) in [5.74, 6) is 0.843. The summed E-state index contributed by atoms with van der Waals surface area (Å²) in [4.78, 5) is 36.0. The lowest BCUT2D eigenvalue weighted by Crippen LogP contribution is -2.50. The second kappa shape index (κ2) is 5.97. The van der Waals surface area contributed by atoms with E-state index in [9.17, 15) is 14.4 Å². The van der Waals surface area contributed by atoms with Crippen molar-refractivity contribution in [2.75, 3.05) is 5.32 Å². The predicted molar refractivity (Wildman–Crippen MR) is 92.3 cm³/mol. The zero-order valence-corrected chi connectivity index (χ0v) is 14.2. The van der Waals surface area contributed by atoms with E-state index in [1.165, 1.54) is 31.4 Å². The highest BCUT2D eigenvalue weighted by Crippen LogP contribution is 2.60. The van der Waals surface area contributed by atoms with Gasteiger partial charge in [-0.2, -0.15) is 0 Å². The van der Waals surface area contributed by atoms with Crippen molar-refractivity contribution in [3.05, 3.63) is 29.8 Å². The molecule has 4 saturated carbocycles. The second-order valence-electron chi connectivity index (χ2n) is 8.23. The lowest BCUT2D eigenvalue weighted by Gasteiger charge is -2.55. The van der Waals surface area contributed by atoms with E-state index in [1.807, 2.05) is 0 Å². The molecule has 25 heavy (non-hydrogen) atoms. The van der Waals surface area contributed by atoms with Crippen molar-refractivity contribution in [3.8, 4) is 0 Å². The summed E-state index contributed by atoms with van der Waals surface area (Å²) < 4.78 is 0. The molecule has 4 fully saturated rings. The van der Waals surface area contributed by atoms with Crippen molar-refractivity contribution in [1.29, 1.82) is 0 Å². The van der Waals surface area contributed by atoms with E-state index in [2.05, 4.69) is 5.32 Å². The highest BCUT2D eigenvalue weighted by atomic mass is 16.4. The molecule has 0 atom stereocenters. The van der Waals surface area contributed by atoms with Gasteiger partial charge in [0.2, 0.25) is 5.91 Å². The summed E-state index contributed by atoms with van der Waals surface area (Å²) in [6, 6.07) is 5.99. The van der Waals surface area contributed by atoms with Gasteiger partial charge in [0, 0.05) is 11.1 Å². The van der Waals surface area contributed by atoms with Gasteiger partial charge >= 0.3 is 5.97 Å². The van der Waals surface area contributed by atoms with Crippen molar-refractivity contribution in [2.24, 2.45) is 23.2 Å². The number of amides is 1. The van der Waals surface area contributed by atoms with Crippen LogP contribution in [0.4, 0.5) is 5.69 Å². The van der Waals surface area contributed by atoms with Crippen molar-refractivity contribution in [3.63, 3.8) is 0 Å². The molecule has 1 amide bonds. The number of hydrogen-bond donors (Lipinski definition) is 2. The molecule has 0 saturated heterocycles. The molecule has 4 bridgehead atoms. The zero-order chi connectivity index (χ0) is 17.6. The first kappa shape index (κ1) is 16.3. The van der Waals surface area contributed by atoms with Crippen molar-refractivity contribution >= 4 is 23.3 Å². The van der Waals surface area contributed by atoms with E-state index in [1.54, 1.807) is 12.1 Å². The normalized spacial score (nSPS) is 32.4. The molecule has 0 unspecified atom stereocenters.